The van der Waals surface area contributed by atoms with Gasteiger partial charge in [0.15, 0.2) is 0 Å². The molecule has 0 aliphatic rings. The molecule has 194 valence electrons. The molecule has 2 aromatic carbocycles. The molecular formula is C27H36N4O5. The summed E-state index contributed by atoms with van der Waals surface area (Å²) < 4.78 is 5.24. The number of amides is 4. The van der Waals surface area contributed by atoms with E-state index >= 15 is 0 Å². The number of hydrogen-bond acceptors (Lipinski definition) is 5. The van der Waals surface area contributed by atoms with Gasteiger partial charge in [-0.1, -0.05) is 48.5 Å². The van der Waals surface area contributed by atoms with Gasteiger partial charge in [-0.15, -0.1) is 0 Å². The minimum Gasteiger partial charge on any atom is -0.444 e. The molecule has 0 aliphatic carbocycles. The fraction of sp³-hybridized carbons (Fsp3) is 0.407. The second kappa shape index (κ2) is 12.2. The van der Waals surface area contributed by atoms with Crippen LogP contribution in [0.5, 0.6) is 0 Å². The molecule has 2 aromatic rings. The zero-order chi connectivity index (χ0) is 27.0. The van der Waals surface area contributed by atoms with Crippen molar-refractivity contribution >= 4 is 23.8 Å². The maximum absolute atomic E-state index is 13.5. The minimum atomic E-state index is -1.31. The van der Waals surface area contributed by atoms with E-state index in [1.165, 1.54) is 11.9 Å². The molecule has 36 heavy (non-hydrogen) atoms. The second-order valence-corrected chi connectivity index (χ2v) is 9.71. The quantitative estimate of drug-likeness (QED) is 0.491. The maximum Gasteiger partial charge on any atom is 0.408 e. The average Bonchev–Trinajstić information content (AvgIpc) is 2.78. The highest BCUT2D eigenvalue weighted by Gasteiger charge is 2.35. The van der Waals surface area contributed by atoms with E-state index in [9.17, 15) is 19.2 Å². The largest absolute Gasteiger partial charge is 0.444 e. The van der Waals surface area contributed by atoms with Gasteiger partial charge in [-0.25, -0.2) is 4.79 Å². The average molecular weight is 497 g/mol. The highest BCUT2D eigenvalue weighted by molar-refractivity contribution is 5.94. The molecule has 4 N–H and O–H groups in total. The predicted octanol–water partition coefficient (Wildman–Crippen LogP) is 2.89. The number of carbonyl (C=O) groups excluding carboxylic acids is 4. The highest BCUT2D eigenvalue weighted by atomic mass is 16.6. The fourth-order valence-electron chi connectivity index (χ4n) is 3.70. The predicted molar refractivity (Wildman–Crippen MR) is 137 cm³/mol. The molecule has 0 saturated heterocycles. The summed E-state index contributed by atoms with van der Waals surface area (Å²) in [6, 6.07) is 12.6. The van der Waals surface area contributed by atoms with Gasteiger partial charge in [0.2, 0.25) is 17.7 Å². The molecule has 0 bridgehead atoms. The third-order valence-electron chi connectivity index (χ3n) is 5.63. The van der Waals surface area contributed by atoms with Crippen LogP contribution in [-0.4, -0.2) is 47.4 Å². The molecule has 0 aliphatic heterocycles. The lowest BCUT2D eigenvalue weighted by Gasteiger charge is -2.32. The Morgan fingerprint density at radius 2 is 1.64 bits per heavy atom. The molecule has 0 heterocycles. The van der Waals surface area contributed by atoms with E-state index in [0.717, 1.165) is 16.7 Å². The molecule has 0 fully saturated rings. The Morgan fingerprint density at radius 1 is 1.00 bits per heavy atom. The Morgan fingerprint density at radius 3 is 2.22 bits per heavy atom. The van der Waals surface area contributed by atoms with Gasteiger partial charge in [0.1, 0.15) is 17.7 Å². The third kappa shape index (κ3) is 8.11. The van der Waals surface area contributed by atoms with Gasteiger partial charge in [0.25, 0.3) is 0 Å². The number of alkyl carbamates (subject to hydrolysis) is 1. The van der Waals surface area contributed by atoms with Crippen molar-refractivity contribution in [1.82, 2.24) is 15.5 Å². The molecule has 2 rings (SSSR count). The summed E-state index contributed by atoms with van der Waals surface area (Å²) in [5, 5.41) is 5.32. The summed E-state index contributed by atoms with van der Waals surface area (Å²) in [6.45, 7) is 9.09. The van der Waals surface area contributed by atoms with Gasteiger partial charge >= 0.3 is 6.09 Å². The van der Waals surface area contributed by atoms with Crippen molar-refractivity contribution in [3.63, 3.8) is 0 Å². The van der Waals surface area contributed by atoms with Crippen molar-refractivity contribution in [2.45, 2.75) is 65.3 Å². The van der Waals surface area contributed by atoms with Gasteiger partial charge in [0.05, 0.1) is 6.42 Å². The zero-order valence-corrected chi connectivity index (χ0v) is 21.8. The van der Waals surface area contributed by atoms with Crippen molar-refractivity contribution in [2.75, 3.05) is 7.05 Å². The summed E-state index contributed by atoms with van der Waals surface area (Å²) >= 11 is 0. The monoisotopic (exact) mass is 496 g/mol. The lowest BCUT2D eigenvalue weighted by Crippen LogP contribution is -2.52. The topological polar surface area (TPSA) is 131 Å². The van der Waals surface area contributed by atoms with Crippen molar-refractivity contribution in [3.05, 3.63) is 70.8 Å². The first kappa shape index (κ1) is 28.4. The molecule has 2 atom stereocenters. The van der Waals surface area contributed by atoms with E-state index in [0.29, 0.717) is 5.56 Å². The number of carbonyl (C=O) groups is 4. The third-order valence-corrected chi connectivity index (χ3v) is 5.63. The summed E-state index contributed by atoms with van der Waals surface area (Å²) in [5.41, 5.74) is 7.88. The maximum atomic E-state index is 13.5. The van der Waals surface area contributed by atoms with Gasteiger partial charge in [0, 0.05) is 13.6 Å². The molecular weight excluding hydrogens is 460 g/mol. The van der Waals surface area contributed by atoms with Crippen LogP contribution in [0.2, 0.25) is 0 Å². The Bertz CT molecular complexity index is 1100. The molecule has 9 heteroatoms. The Kier molecular flexibility index (Phi) is 9.60. The standard InChI is InChI=1S/C27H36N4O5/c1-17-11-10-14-20(18(17)2)23(24(33)29-16-19-12-8-7-9-13-19)31(6)25(34)21(15-22(28)32)30-26(35)36-27(3,4)5/h7-14,21,23H,15-16H2,1-6H3,(H2,28,32)(H,29,33)(H,30,35). The lowest BCUT2D eigenvalue weighted by atomic mass is 9.95. The number of benzene rings is 2. The molecule has 9 nitrogen and oxygen atoms in total. The van der Waals surface area contributed by atoms with Crippen LogP contribution in [0.1, 0.15) is 55.5 Å². The number of ether oxygens (including phenoxy) is 1. The number of rotatable bonds is 9. The molecule has 0 saturated carbocycles. The van der Waals surface area contributed by atoms with Gasteiger partial charge < -0.3 is 26.0 Å². The number of primary amides is 1. The smallest absolute Gasteiger partial charge is 0.408 e. The number of likely N-dealkylation sites (N-methyl/N-ethyl adjacent to an activating group) is 1. The number of nitrogens with zero attached hydrogens (tertiary/aromatic N) is 1. The summed E-state index contributed by atoms with van der Waals surface area (Å²) in [5.74, 6) is -1.84. The Labute approximate surface area is 212 Å². The van der Waals surface area contributed by atoms with Crippen LogP contribution in [0.25, 0.3) is 0 Å². The molecule has 0 aromatic heterocycles. The lowest BCUT2D eigenvalue weighted by molar-refractivity contribution is -0.141. The van der Waals surface area contributed by atoms with E-state index in [-0.39, 0.29) is 6.54 Å². The molecule has 2 unspecified atom stereocenters. The van der Waals surface area contributed by atoms with Gasteiger partial charge in [-0.2, -0.15) is 0 Å². The van der Waals surface area contributed by atoms with E-state index in [2.05, 4.69) is 10.6 Å². The van der Waals surface area contributed by atoms with Crippen LogP contribution in [0.3, 0.4) is 0 Å². The van der Waals surface area contributed by atoms with Crippen LogP contribution in [0.4, 0.5) is 4.79 Å². The summed E-state index contributed by atoms with van der Waals surface area (Å²) in [4.78, 5) is 52.3. The fourth-order valence-corrected chi connectivity index (χ4v) is 3.70. The SMILES string of the molecule is Cc1cccc(C(C(=O)NCc2ccccc2)N(C)C(=O)C(CC(N)=O)NC(=O)OC(C)(C)C)c1C. The van der Waals surface area contributed by atoms with Crippen LogP contribution < -0.4 is 16.4 Å². The van der Waals surface area contributed by atoms with Gasteiger partial charge in [-0.05, 0) is 56.9 Å². The number of hydrogen-bond donors (Lipinski definition) is 3. The van der Waals surface area contributed by atoms with Crippen molar-refractivity contribution < 1.29 is 23.9 Å². The highest BCUT2D eigenvalue weighted by Crippen LogP contribution is 2.26. The van der Waals surface area contributed by atoms with Gasteiger partial charge in [-0.3, -0.25) is 14.4 Å². The van der Waals surface area contributed by atoms with Crippen LogP contribution >= 0.6 is 0 Å². The Hall–Kier alpha value is -3.88. The van der Waals surface area contributed by atoms with E-state index < -0.39 is 47.9 Å². The Balaban J connectivity index is 2.38. The van der Waals surface area contributed by atoms with Crippen molar-refractivity contribution in [1.29, 1.82) is 0 Å². The number of nitrogens with one attached hydrogen (secondary N) is 2. The first-order chi connectivity index (χ1) is 16.8. The minimum absolute atomic E-state index is 0.268. The van der Waals surface area contributed by atoms with Crippen LogP contribution in [0.15, 0.2) is 48.5 Å². The van der Waals surface area contributed by atoms with E-state index in [1.54, 1.807) is 26.8 Å². The first-order valence-electron chi connectivity index (χ1n) is 11.7. The molecule has 4 amide bonds. The summed E-state index contributed by atoms with van der Waals surface area (Å²) in [6.07, 6.45) is -1.32. The summed E-state index contributed by atoms with van der Waals surface area (Å²) in [7, 11) is 1.46. The number of nitrogens with two attached hydrogens (primary N) is 1. The van der Waals surface area contributed by atoms with E-state index in [1.807, 2.05) is 56.3 Å². The van der Waals surface area contributed by atoms with Crippen LogP contribution in [-0.2, 0) is 25.7 Å². The zero-order valence-electron chi connectivity index (χ0n) is 21.8. The second-order valence-electron chi connectivity index (χ2n) is 9.71. The molecule has 0 spiro atoms. The van der Waals surface area contributed by atoms with Crippen molar-refractivity contribution in [2.24, 2.45) is 5.73 Å². The molecule has 0 radical (unpaired) electrons. The van der Waals surface area contributed by atoms with E-state index in [4.69, 9.17) is 10.5 Å². The normalized spacial score (nSPS) is 12.7. The van der Waals surface area contributed by atoms with Crippen molar-refractivity contribution in [3.8, 4) is 0 Å². The van der Waals surface area contributed by atoms with Crippen LogP contribution in [0, 0.1) is 13.8 Å². The number of aryl methyl sites for hydroxylation is 1. The first-order valence-corrected chi connectivity index (χ1v) is 11.7.